The molecule has 1 heterocycles. The summed E-state index contributed by atoms with van der Waals surface area (Å²) in [5, 5.41) is 3.39. The standard InChI is InChI=1S/C22H24N2O3S/c1-3-5-14-27-18-11-12-19-20(15-18)28-22(23-19)24-21(25)13-8-16-6-9-17(10-7-16)26-4-2/h6-13,15H,3-5,14H2,1-2H3,(H,23,24,25)/b13-8+. The molecule has 3 aromatic rings. The highest BCUT2D eigenvalue weighted by atomic mass is 32.1. The van der Waals surface area contributed by atoms with Crippen molar-refractivity contribution in [1.82, 2.24) is 4.98 Å². The van der Waals surface area contributed by atoms with Crippen molar-refractivity contribution in [3.05, 3.63) is 54.1 Å². The van der Waals surface area contributed by atoms with Gasteiger partial charge in [-0.05, 0) is 55.3 Å². The monoisotopic (exact) mass is 396 g/mol. The third-order valence-electron chi connectivity index (χ3n) is 3.97. The van der Waals surface area contributed by atoms with Gasteiger partial charge in [-0.3, -0.25) is 10.1 Å². The van der Waals surface area contributed by atoms with Crippen LogP contribution in [0.15, 0.2) is 48.5 Å². The van der Waals surface area contributed by atoms with E-state index in [1.54, 1.807) is 6.08 Å². The Balaban J connectivity index is 1.60. The zero-order chi connectivity index (χ0) is 19.8. The zero-order valence-electron chi connectivity index (χ0n) is 16.1. The number of thiazole rings is 1. The average Bonchev–Trinajstić information content (AvgIpc) is 3.09. The lowest BCUT2D eigenvalue weighted by Gasteiger charge is -2.04. The molecule has 0 radical (unpaired) electrons. The number of aromatic nitrogens is 1. The Kier molecular flexibility index (Phi) is 7.03. The van der Waals surface area contributed by atoms with Gasteiger partial charge in [-0.15, -0.1) is 0 Å². The molecule has 0 fully saturated rings. The Bertz CT molecular complexity index is 948. The Labute approximate surface area is 169 Å². The van der Waals surface area contributed by atoms with E-state index in [0.717, 1.165) is 40.1 Å². The molecule has 1 amide bonds. The van der Waals surface area contributed by atoms with E-state index in [1.807, 2.05) is 49.4 Å². The van der Waals surface area contributed by atoms with Gasteiger partial charge in [-0.25, -0.2) is 4.98 Å². The summed E-state index contributed by atoms with van der Waals surface area (Å²) in [6.45, 7) is 5.42. The van der Waals surface area contributed by atoms with Crippen molar-refractivity contribution in [3.63, 3.8) is 0 Å². The van der Waals surface area contributed by atoms with E-state index in [0.29, 0.717) is 18.3 Å². The molecule has 0 aliphatic heterocycles. The molecule has 146 valence electrons. The van der Waals surface area contributed by atoms with Crippen molar-refractivity contribution < 1.29 is 14.3 Å². The summed E-state index contributed by atoms with van der Waals surface area (Å²) in [6.07, 6.45) is 5.39. The molecule has 6 heteroatoms. The van der Waals surface area contributed by atoms with Gasteiger partial charge < -0.3 is 9.47 Å². The van der Waals surface area contributed by atoms with Gasteiger partial charge in [0.2, 0.25) is 5.91 Å². The van der Waals surface area contributed by atoms with Crippen molar-refractivity contribution >= 4 is 38.7 Å². The van der Waals surface area contributed by atoms with E-state index in [-0.39, 0.29) is 5.91 Å². The van der Waals surface area contributed by atoms with Crippen LogP contribution in [0, 0.1) is 0 Å². The van der Waals surface area contributed by atoms with Gasteiger partial charge in [0.1, 0.15) is 11.5 Å². The maximum absolute atomic E-state index is 12.2. The third kappa shape index (κ3) is 5.57. The Hall–Kier alpha value is -2.86. The number of nitrogens with zero attached hydrogens (tertiary/aromatic N) is 1. The van der Waals surface area contributed by atoms with Crippen molar-refractivity contribution in [3.8, 4) is 11.5 Å². The average molecular weight is 397 g/mol. The minimum Gasteiger partial charge on any atom is -0.494 e. The summed E-state index contributed by atoms with van der Waals surface area (Å²) in [6, 6.07) is 13.4. The number of hydrogen-bond acceptors (Lipinski definition) is 5. The molecular weight excluding hydrogens is 372 g/mol. The quantitative estimate of drug-likeness (QED) is 0.382. The van der Waals surface area contributed by atoms with Gasteiger partial charge in [0, 0.05) is 6.08 Å². The van der Waals surface area contributed by atoms with Crippen LogP contribution in [0.2, 0.25) is 0 Å². The maximum Gasteiger partial charge on any atom is 0.250 e. The molecule has 0 spiro atoms. The van der Waals surface area contributed by atoms with Crippen molar-refractivity contribution in [2.75, 3.05) is 18.5 Å². The molecule has 28 heavy (non-hydrogen) atoms. The summed E-state index contributed by atoms with van der Waals surface area (Å²) >= 11 is 1.43. The van der Waals surface area contributed by atoms with Crippen molar-refractivity contribution in [1.29, 1.82) is 0 Å². The van der Waals surface area contributed by atoms with Crippen LogP contribution in [-0.4, -0.2) is 24.1 Å². The molecule has 2 aromatic carbocycles. The van der Waals surface area contributed by atoms with Crippen LogP contribution < -0.4 is 14.8 Å². The highest BCUT2D eigenvalue weighted by Crippen LogP contribution is 2.29. The molecule has 0 aliphatic carbocycles. The van der Waals surface area contributed by atoms with Gasteiger partial charge in [0.25, 0.3) is 0 Å². The SMILES string of the molecule is CCCCOc1ccc2nc(NC(=O)/C=C/c3ccc(OCC)cc3)sc2c1. The largest absolute Gasteiger partial charge is 0.494 e. The first-order chi connectivity index (χ1) is 13.7. The van der Waals surface area contributed by atoms with Crippen LogP contribution in [0.3, 0.4) is 0 Å². The number of anilines is 1. The summed E-state index contributed by atoms with van der Waals surface area (Å²) in [5.41, 5.74) is 1.77. The maximum atomic E-state index is 12.2. The fraction of sp³-hybridized carbons (Fsp3) is 0.273. The second-order valence-electron chi connectivity index (χ2n) is 6.18. The lowest BCUT2D eigenvalue weighted by molar-refractivity contribution is -0.111. The minimum absolute atomic E-state index is 0.215. The number of carbonyl (C=O) groups excluding carboxylic acids is 1. The second-order valence-corrected chi connectivity index (χ2v) is 7.21. The minimum atomic E-state index is -0.215. The van der Waals surface area contributed by atoms with Crippen LogP contribution in [0.25, 0.3) is 16.3 Å². The van der Waals surface area contributed by atoms with E-state index in [9.17, 15) is 4.79 Å². The topological polar surface area (TPSA) is 60.5 Å². The molecule has 0 saturated heterocycles. The van der Waals surface area contributed by atoms with E-state index in [2.05, 4.69) is 17.2 Å². The number of hydrogen-bond donors (Lipinski definition) is 1. The number of unbranched alkanes of at least 4 members (excludes halogenated alkanes) is 1. The molecule has 0 saturated carbocycles. The smallest absolute Gasteiger partial charge is 0.250 e. The molecule has 5 nitrogen and oxygen atoms in total. The Morgan fingerprint density at radius 1 is 1.11 bits per heavy atom. The molecule has 0 bridgehead atoms. The highest BCUT2D eigenvalue weighted by molar-refractivity contribution is 7.22. The first-order valence-electron chi connectivity index (χ1n) is 9.43. The fourth-order valence-corrected chi connectivity index (χ4v) is 3.44. The van der Waals surface area contributed by atoms with Crippen LogP contribution in [0.1, 0.15) is 32.3 Å². The van der Waals surface area contributed by atoms with E-state index >= 15 is 0 Å². The number of fused-ring (bicyclic) bond motifs is 1. The molecule has 0 unspecified atom stereocenters. The summed E-state index contributed by atoms with van der Waals surface area (Å²) in [4.78, 5) is 16.7. The van der Waals surface area contributed by atoms with E-state index in [4.69, 9.17) is 9.47 Å². The van der Waals surface area contributed by atoms with Crippen molar-refractivity contribution in [2.45, 2.75) is 26.7 Å². The van der Waals surface area contributed by atoms with Gasteiger partial charge in [-0.1, -0.05) is 36.8 Å². The zero-order valence-corrected chi connectivity index (χ0v) is 16.9. The Morgan fingerprint density at radius 3 is 2.64 bits per heavy atom. The molecule has 0 aliphatic rings. The number of nitrogens with one attached hydrogen (secondary N) is 1. The van der Waals surface area contributed by atoms with E-state index in [1.165, 1.54) is 17.4 Å². The molecule has 1 aromatic heterocycles. The van der Waals surface area contributed by atoms with Gasteiger partial charge in [0.05, 0.1) is 23.4 Å². The van der Waals surface area contributed by atoms with Crippen LogP contribution >= 0.6 is 11.3 Å². The molecule has 1 N–H and O–H groups in total. The van der Waals surface area contributed by atoms with Crippen LogP contribution in [0.5, 0.6) is 11.5 Å². The van der Waals surface area contributed by atoms with Gasteiger partial charge in [0.15, 0.2) is 5.13 Å². The molecular formula is C22H24N2O3S. The third-order valence-corrected chi connectivity index (χ3v) is 4.91. The van der Waals surface area contributed by atoms with E-state index < -0.39 is 0 Å². The first kappa shape index (κ1) is 19.9. The number of benzene rings is 2. The first-order valence-corrected chi connectivity index (χ1v) is 10.2. The van der Waals surface area contributed by atoms with Crippen LogP contribution in [0.4, 0.5) is 5.13 Å². The number of amides is 1. The predicted octanol–water partition coefficient (Wildman–Crippen LogP) is 5.53. The predicted molar refractivity (Wildman–Crippen MR) is 115 cm³/mol. The fourth-order valence-electron chi connectivity index (χ4n) is 2.54. The number of ether oxygens (including phenoxy) is 2. The highest BCUT2D eigenvalue weighted by Gasteiger charge is 2.07. The van der Waals surface area contributed by atoms with Crippen molar-refractivity contribution in [2.24, 2.45) is 0 Å². The van der Waals surface area contributed by atoms with Gasteiger partial charge in [-0.2, -0.15) is 0 Å². The lowest BCUT2D eigenvalue weighted by Crippen LogP contribution is -2.07. The number of rotatable bonds is 9. The second kappa shape index (κ2) is 9.90. The molecule has 0 atom stereocenters. The summed E-state index contributed by atoms with van der Waals surface area (Å²) < 4.78 is 12.1. The number of carbonyl (C=O) groups is 1. The van der Waals surface area contributed by atoms with Crippen LogP contribution in [-0.2, 0) is 4.79 Å². The normalized spacial score (nSPS) is 11.1. The molecule has 3 rings (SSSR count). The Morgan fingerprint density at radius 2 is 1.89 bits per heavy atom. The lowest BCUT2D eigenvalue weighted by atomic mass is 10.2. The summed E-state index contributed by atoms with van der Waals surface area (Å²) in [7, 11) is 0. The summed E-state index contributed by atoms with van der Waals surface area (Å²) in [5.74, 6) is 1.43. The van der Waals surface area contributed by atoms with Gasteiger partial charge >= 0.3 is 0 Å².